The van der Waals surface area contributed by atoms with Gasteiger partial charge in [0.05, 0.1) is 16.6 Å². The molecule has 1 atom stereocenters. The summed E-state index contributed by atoms with van der Waals surface area (Å²) in [5, 5.41) is 0.493. The van der Waals surface area contributed by atoms with Crippen molar-refractivity contribution in [3.05, 3.63) is 56.7 Å². The molecule has 1 aliphatic heterocycles. The van der Waals surface area contributed by atoms with E-state index < -0.39 is 0 Å². The number of rotatable bonds is 1. The fraction of sp³-hybridized carbons (Fsp3) is 0.316. The van der Waals surface area contributed by atoms with E-state index in [1.54, 1.807) is 24.9 Å². The predicted octanol–water partition coefficient (Wildman–Crippen LogP) is 3.42. The summed E-state index contributed by atoms with van der Waals surface area (Å²) < 4.78 is 15.0. The zero-order valence-corrected chi connectivity index (χ0v) is 15.6. The van der Waals surface area contributed by atoms with Gasteiger partial charge in [0.1, 0.15) is 10.6 Å². The minimum atomic E-state index is -0.295. The largest absolute Gasteiger partial charge is 0.305 e. The van der Waals surface area contributed by atoms with E-state index in [1.165, 1.54) is 34.4 Å². The minimum Gasteiger partial charge on any atom is -0.305 e. The minimum absolute atomic E-state index is 0.000802. The van der Waals surface area contributed by atoms with Gasteiger partial charge in [0.15, 0.2) is 0 Å². The van der Waals surface area contributed by atoms with Gasteiger partial charge in [-0.15, -0.1) is 11.3 Å². The first-order valence-corrected chi connectivity index (χ1v) is 9.27. The first-order valence-electron chi connectivity index (χ1n) is 8.45. The van der Waals surface area contributed by atoms with Gasteiger partial charge in [-0.2, -0.15) is 0 Å². The fourth-order valence-electron chi connectivity index (χ4n) is 3.55. The Morgan fingerprint density at radius 1 is 1.38 bits per heavy atom. The van der Waals surface area contributed by atoms with Crippen molar-refractivity contribution in [2.75, 3.05) is 4.90 Å². The first-order chi connectivity index (χ1) is 12.4. The third-order valence-corrected chi connectivity index (χ3v) is 6.18. The third kappa shape index (κ3) is 2.46. The molecule has 0 radical (unpaired) electrons. The summed E-state index contributed by atoms with van der Waals surface area (Å²) >= 11 is 1.24. The second-order valence-electron chi connectivity index (χ2n) is 6.73. The molecule has 0 spiro atoms. The summed E-state index contributed by atoms with van der Waals surface area (Å²) in [6.07, 6.45) is 2.98. The van der Waals surface area contributed by atoms with Crippen LogP contribution in [0.1, 0.15) is 34.1 Å². The Labute approximate surface area is 153 Å². The van der Waals surface area contributed by atoms with Crippen LogP contribution in [0, 0.1) is 12.7 Å². The number of carbonyl (C=O) groups excluding carboxylic acids is 1. The molecule has 2 aromatic heterocycles. The van der Waals surface area contributed by atoms with Gasteiger partial charge in [0.2, 0.25) is 0 Å². The Hall–Kier alpha value is -2.54. The van der Waals surface area contributed by atoms with Gasteiger partial charge in [-0.3, -0.25) is 9.59 Å². The Bertz CT molecular complexity index is 1100. The van der Waals surface area contributed by atoms with Crippen LogP contribution < -0.4 is 10.5 Å². The Morgan fingerprint density at radius 2 is 2.15 bits per heavy atom. The monoisotopic (exact) mass is 371 g/mol. The van der Waals surface area contributed by atoms with Gasteiger partial charge in [-0.25, -0.2) is 9.37 Å². The van der Waals surface area contributed by atoms with Gasteiger partial charge in [0.25, 0.3) is 11.5 Å². The van der Waals surface area contributed by atoms with Crippen molar-refractivity contribution in [1.29, 1.82) is 0 Å². The van der Waals surface area contributed by atoms with Crippen LogP contribution in [0.5, 0.6) is 0 Å². The van der Waals surface area contributed by atoms with Crippen LogP contribution >= 0.6 is 11.3 Å². The smallest absolute Gasteiger partial charge is 0.268 e. The highest BCUT2D eigenvalue weighted by atomic mass is 32.1. The molecule has 0 bridgehead atoms. The van der Waals surface area contributed by atoms with Gasteiger partial charge >= 0.3 is 0 Å². The molecule has 3 heterocycles. The number of amides is 1. The summed E-state index contributed by atoms with van der Waals surface area (Å²) in [6.45, 7) is 3.78. The zero-order valence-electron chi connectivity index (χ0n) is 14.7. The van der Waals surface area contributed by atoms with Crippen molar-refractivity contribution in [3.8, 4) is 0 Å². The highest BCUT2D eigenvalue weighted by Gasteiger charge is 2.32. The fourth-order valence-corrected chi connectivity index (χ4v) is 4.63. The molecule has 5 nitrogen and oxygen atoms in total. The average Bonchev–Trinajstić information content (AvgIpc) is 2.95. The van der Waals surface area contributed by atoms with Crippen LogP contribution in [0.2, 0.25) is 0 Å². The number of benzene rings is 1. The number of hydrogen-bond acceptors (Lipinski definition) is 4. The number of fused-ring (bicyclic) bond motifs is 2. The van der Waals surface area contributed by atoms with Crippen LogP contribution in [-0.2, 0) is 13.5 Å². The van der Waals surface area contributed by atoms with Crippen LogP contribution in [0.15, 0.2) is 29.3 Å². The van der Waals surface area contributed by atoms with Gasteiger partial charge in [-0.05, 0) is 56.0 Å². The number of nitrogens with zero attached hydrogens (tertiary/aromatic N) is 3. The molecule has 134 valence electrons. The maximum Gasteiger partial charge on any atom is 0.268 e. The van der Waals surface area contributed by atoms with Gasteiger partial charge in [-0.1, -0.05) is 0 Å². The van der Waals surface area contributed by atoms with Gasteiger partial charge in [0, 0.05) is 18.8 Å². The molecule has 7 heteroatoms. The number of aryl methyl sites for hydroxylation is 3. The number of hydrogen-bond donors (Lipinski definition) is 0. The molecule has 0 saturated heterocycles. The maximum atomic E-state index is 13.6. The van der Waals surface area contributed by atoms with Crippen LogP contribution in [0.25, 0.3) is 10.2 Å². The summed E-state index contributed by atoms with van der Waals surface area (Å²) in [5.74, 6) is -0.455. The number of aromatic nitrogens is 2. The van der Waals surface area contributed by atoms with Crippen molar-refractivity contribution in [3.63, 3.8) is 0 Å². The van der Waals surface area contributed by atoms with Crippen molar-refractivity contribution in [1.82, 2.24) is 9.55 Å². The van der Waals surface area contributed by atoms with Crippen molar-refractivity contribution in [2.24, 2.45) is 7.05 Å². The Kier molecular flexibility index (Phi) is 3.91. The van der Waals surface area contributed by atoms with E-state index in [0.29, 0.717) is 20.7 Å². The normalized spacial score (nSPS) is 16.8. The quantitative estimate of drug-likeness (QED) is 0.659. The van der Waals surface area contributed by atoms with Crippen molar-refractivity contribution >= 4 is 33.1 Å². The van der Waals surface area contributed by atoms with E-state index in [9.17, 15) is 14.0 Å². The SMILES string of the molecule is Cc1c(C(=O)N2c3ccc(F)cc3CCC2C)sc2ncn(C)c(=O)c12. The number of halogens is 1. The highest BCUT2D eigenvalue weighted by Crippen LogP contribution is 2.35. The topological polar surface area (TPSA) is 55.2 Å². The number of thiophene rings is 1. The van der Waals surface area contributed by atoms with E-state index in [1.807, 2.05) is 6.92 Å². The second-order valence-corrected chi connectivity index (χ2v) is 7.73. The van der Waals surface area contributed by atoms with Crippen molar-refractivity contribution in [2.45, 2.75) is 32.7 Å². The van der Waals surface area contributed by atoms with E-state index in [0.717, 1.165) is 24.1 Å². The zero-order chi connectivity index (χ0) is 18.6. The number of anilines is 1. The van der Waals surface area contributed by atoms with E-state index in [-0.39, 0.29) is 23.3 Å². The molecule has 0 saturated carbocycles. The summed E-state index contributed by atoms with van der Waals surface area (Å²) in [5.41, 5.74) is 2.08. The molecule has 3 aromatic rings. The molecule has 1 aliphatic rings. The molecule has 0 aliphatic carbocycles. The lowest BCUT2D eigenvalue weighted by Crippen LogP contribution is -2.42. The van der Waals surface area contributed by atoms with Gasteiger partial charge < -0.3 is 9.47 Å². The highest BCUT2D eigenvalue weighted by molar-refractivity contribution is 7.20. The lowest BCUT2D eigenvalue weighted by molar-refractivity contribution is 0.0978. The van der Waals surface area contributed by atoms with Crippen LogP contribution in [0.4, 0.5) is 10.1 Å². The lowest BCUT2D eigenvalue weighted by atomic mass is 9.96. The van der Waals surface area contributed by atoms with E-state index in [4.69, 9.17) is 0 Å². The first kappa shape index (κ1) is 16.9. The maximum absolute atomic E-state index is 13.6. The molecule has 1 aromatic carbocycles. The molecular weight excluding hydrogens is 353 g/mol. The molecule has 26 heavy (non-hydrogen) atoms. The molecule has 4 rings (SSSR count). The summed E-state index contributed by atoms with van der Waals surface area (Å²) in [4.78, 5) is 32.9. The Balaban J connectivity index is 1.86. The molecule has 0 N–H and O–H groups in total. The van der Waals surface area contributed by atoms with Crippen LogP contribution in [0.3, 0.4) is 0 Å². The summed E-state index contributed by atoms with van der Waals surface area (Å²) in [6, 6.07) is 4.54. The molecular formula is C19H18FN3O2S. The predicted molar refractivity (Wildman–Crippen MR) is 101 cm³/mol. The number of carbonyl (C=O) groups is 1. The standard InChI is InChI=1S/C19H18FN3O2S/c1-10-4-5-12-8-13(20)6-7-14(12)23(10)19(25)16-11(2)15-17(26-16)21-9-22(3)18(15)24/h6-10H,4-5H2,1-3H3. The van der Waals surface area contributed by atoms with Crippen molar-refractivity contribution < 1.29 is 9.18 Å². The molecule has 1 unspecified atom stereocenters. The summed E-state index contributed by atoms with van der Waals surface area (Å²) in [7, 11) is 1.64. The lowest BCUT2D eigenvalue weighted by Gasteiger charge is -2.35. The molecule has 0 fully saturated rings. The van der Waals surface area contributed by atoms with E-state index in [2.05, 4.69) is 4.98 Å². The average molecular weight is 371 g/mol. The molecule has 1 amide bonds. The Morgan fingerprint density at radius 3 is 2.92 bits per heavy atom. The van der Waals surface area contributed by atoms with E-state index >= 15 is 0 Å². The van der Waals surface area contributed by atoms with Crippen LogP contribution in [-0.4, -0.2) is 21.5 Å². The second kappa shape index (κ2) is 6.02. The third-order valence-electron chi connectivity index (χ3n) is 5.00.